The van der Waals surface area contributed by atoms with Crippen LogP contribution in [-0.2, 0) is 16.2 Å². The molecule has 0 N–H and O–H groups in total. The van der Waals surface area contributed by atoms with Gasteiger partial charge in [-0.25, -0.2) is 0 Å². The van der Waals surface area contributed by atoms with Gasteiger partial charge >= 0.3 is 0 Å². The van der Waals surface area contributed by atoms with E-state index in [2.05, 4.69) is 215 Å². The molecule has 7 aromatic carbocycles. The second-order valence-corrected chi connectivity index (χ2v) is 22.0. The molecule has 298 valence electrons. The first kappa shape index (κ1) is 37.2. The van der Waals surface area contributed by atoms with Crippen LogP contribution in [0, 0.1) is 0 Å². The van der Waals surface area contributed by atoms with Gasteiger partial charge in [-0.1, -0.05) is 146 Å². The molecule has 61 heavy (non-hydrogen) atoms. The highest BCUT2D eigenvalue weighted by Gasteiger charge is 2.48. The number of fused-ring (bicyclic) bond motifs is 10. The van der Waals surface area contributed by atoms with Crippen molar-refractivity contribution in [2.45, 2.75) is 91.2 Å². The lowest BCUT2D eigenvalue weighted by Crippen LogP contribution is -2.63. The predicted molar refractivity (Wildman–Crippen MR) is 262 cm³/mol. The molecule has 1 aromatic heterocycles. The van der Waals surface area contributed by atoms with E-state index < -0.39 is 0 Å². The molecule has 0 saturated carbocycles. The molecule has 4 aliphatic rings. The van der Waals surface area contributed by atoms with Crippen LogP contribution in [0.25, 0.3) is 16.6 Å². The van der Waals surface area contributed by atoms with Crippen LogP contribution in [0.2, 0.25) is 0 Å². The number of hydrogen-bond acceptors (Lipinski definition) is 4. The van der Waals surface area contributed by atoms with Gasteiger partial charge in [-0.2, -0.15) is 0 Å². The molecule has 12 rings (SSSR count). The molecule has 0 amide bonds. The highest BCUT2D eigenvalue weighted by atomic mass is 32.2. The zero-order chi connectivity index (χ0) is 41.7. The topological polar surface area (TPSA) is 11.4 Å². The zero-order valence-electron chi connectivity index (χ0n) is 36.1. The number of anilines is 6. The Morgan fingerprint density at radius 3 is 1.79 bits per heavy atom. The third-order valence-electron chi connectivity index (χ3n) is 13.8. The van der Waals surface area contributed by atoms with Crippen molar-refractivity contribution in [3.63, 3.8) is 0 Å². The minimum Gasteiger partial charge on any atom is -0.318 e. The van der Waals surface area contributed by atoms with E-state index in [9.17, 15) is 0 Å². The van der Waals surface area contributed by atoms with Gasteiger partial charge in [-0.3, -0.25) is 0 Å². The summed E-state index contributed by atoms with van der Waals surface area (Å²) in [6.07, 6.45) is 0. The first-order chi connectivity index (χ1) is 29.3. The Balaban J connectivity index is 1.24. The van der Waals surface area contributed by atoms with Crippen LogP contribution in [0.5, 0.6) is 0 Å². The molecule has 0 saturated heterocycles. The average Bonchev–Trinajstić information content (AvgIpc) is 3.60. The Kier molecular flexibility index (Phi) is 7.78. The Labute approximate surface area is 368 Å². The smallest absolute Gasteiger partial charge is 0.273 e. The van der Waals surface area contributed by atoms with Gasteiger partial charge in [0.2, 0.25) is 0 Å². The fraction of sp³-hybridized carbons (Fsp3) is 0.200. The van der Waals surface area contributed by atoms with Gasteiger partial charge < -0.3 is 14.4 Å². The SMILES string of the molecule is CC(C)(C)c1ccc(N2c3ccc4cc3B3c5c2cccc5N(c2ccc(C(C)(C)C)cc2)c2c3n(c3c5c(ccc23)Sc2ccccc2S5)-c2cccc(c2)C4(C)C)cc1. The molecule has 0 atom stereocenters. The van der Waals surface area contributed by atoms with Crippen molar-refractivity contribution in [1.82, 2.24) is 4.57 Å². The van der Waals surface area contributed by atoms with Crippen molar-refractivity contribution in [3.05, 3.63) is 168 Å². The lowest BCUT2D eigenvalue weighted by Gasteiger charge is -2.44. The first-order valence-corrected chi connectivity index (χ1v) is 23.3. The fourth-order valence-corrected chi connectivity index (χ4v) is 12.8. The van der Waals surface area contributed by atoms with E-state index in [0.717, 1.165) is 0 Å². The molecule has 0 unspecified atom stereocenters. The Morgan fingerprint density at radius 2 is 1.11 bits per heavy atom. The molecule has 3 nitrogen and oxygen atoms in total. The van der Waals surface area contributed by atoms with Crippen LogP contribution in [0.15, 0.2) is 165 Å². The van der Waals surface area contributed by atoms with Crippen LogP contribution < -0.4 is 26.3 Å². The third kappa shape index (κ3) is 5.34. The second-order valence-electron chi connectivity index (χ2n) is 19.9. The van der Waals surface area contributed by atoms with Crippen molar-refractivity contribution in [1.29, 1.82) is 0 Å². The zero-order valence-corrected chi connectivity index (χ0v) is 37.7. The van der Waals surface area contributed by atoms with E-state index in [0.29, 0.717) is 0 Å². The highest BCUT2D eigenvalue weighted by Crippen LogP contribution is 2.55. The number of nitrogens with zero attached hydrogens (tertiary/aromatic N) is 3. The summed E-state index contributed by atoms with van der Waals surface area (Å²) in [5.74, 6) is 0. The van der Waals surface area contributed by atoms with Crippen LogP contribution in [0.1, 0.15) is 77.6 Å². The maximum Gasteiger partial charge on any atom is 0.273 e. The van der Waals surface area contributed by atoms with E-state index in [4.69, 9.17) is 0 Å². The number of hydrogen-bond donors (Lipinski definition) is 0. The molecule has 8 aromatic rings. The summed E-state index contributed by atoms with van der Waals surface area (Å²) in [7, 11) is 0. The van der Waals surface area contributed by atoms with Crippen molar-refractivity contribution >= 4 is 91.8 Å². The van der Waals surface area contributed by atoms with Gasteiger partial charge in [0.05, 0.1) is 16.1 Å². The minimum atomic E-state index is -0.230. The maximum atomic E-state index is 2.68. The maximum absolute atomic E-state index is 2.68. The van der Waals surface area contributed by atoms with E-state index in [1.807, 2.05) is 23.5 Å². The molecule has 4 bridgehead atoms. The molecule has 0 radical (unpaired) electrons. The molecular weight excluding hydrogens is 778 g/mol. The Hall–Kier alpha value is -5.56. The molecule has 0 aliphatic carbocycles. The summed E-state index contributed by atoms with van der Waals surface area (Å²) >= 11 is 3.83. The van der Waals surface area contributed by atoms with Gasteiger partial charge in [0.15, 0.2) is 0 Å². The number of rotatable bonds is 2. The average molecular weight is 826 g/mol. The van der Waals surface area contributed by atoms with Gasteiger partial charge in [-0.15, -0.1) is 0 Å². The number of benzene rings is 7. The van der Waals surface area contributed by atoms with Gasteiger partial charge in [0.25, 0.3) is 6.71 Å². The molecule has 0 fully saturated rings. The summed E-state index contributed by atoms with van der Waals surface area (Å²) < 4.78 is 2.68. The summed E-state index contributed by atoms with van der Waals surface area (Å²) in [4.78, 5) is 10.4. The Morgan fingerprint density at radius 1 is 0.508 bits per heavy atom. The fourth-order valence-electron chi connectivity index (χ4n) is 10.4. The molecule has 6 heteroatoms. The van der Waals surface area contributed by atoms with E-state index in [1.165, 1.54) is 109 Å². The summed E-state index contributed by atoms with van der Waals surface area (Å²) in [5.41, 5.74) is 19.0. The Bertz CT molecular complexity index is 3150. The lowest BCUT2D eigenvalue weighted by atomic mass is 9.34. The largest absolute Gasteiger partial charge is 0.318 e. The van der Waals surface area contributed by atoms with Gasteiger partial charge in [0, 0.05) is 65.2 Å². The van der Waals surface area contributed by atoms with Crippen LogP contribution in [0.3, 0.4) is 0 Å². The van der Waals surface area contributed by atoms with Crippen molar-refractivity contribution < 1.29 is 0 Å². The summed E-state index contributed by atoms with van der Waals surface area (Å²) in [6.45, 7) is 18.6. The van der Waals surface area contributed by atoms with E-state index in [-0.39, 0.29) is 23.0 Å². The lowest BCUT2D eigenvalue weighted by molar-refractivity contribution is 0.590. The first-order valence-electron chi connectivity index (χ1n) is 21.6. The van der Waals surface area contributed by atoms with Crippen LogP contribution in [0.4, 0.5) is 34.1 Å². The third-order valence-corrected chi connectivity index (χ3v) is 16.4. The van der Waals surface area contributed by atoms with Crippen molar-refractivity contribution in [2.75, 3.05) is 9.80 Å². The van der Waals surface area contributed by atoms with Gasteiger partial charge in [0.1, 0.15) is 0 Å². The van der Waals surface area contributed by atoms with Crippen LogP contribution in [-0.4, -0.2) is 11.3 Å². The molecular formula is C55H48BN3S2. The standard InChI is InChI=1S/C55H48BN3S2/c1-53(2,3)33-19-24-37(25-20-33)57-42-29-23-36-32-41(42)56-48-43(57)15-12-16-44(48)58(38-26-21-34(22-27-38)54(4,5)6)50-40-28-30-47-51(61-46-18-10-9-17-45(46)60-47)49(40)59(52(50)56)39-14-11-13-35(31-39)55(36,7)8/h9-32H,1-8H3. The normalized spacial score (nSPS) is 15.4. The summed E-state index contributed by atoms with van der Waals surface area (Å²) in [6, 6.07) is 56.3. The molecule has 5 heterocycles. The quantitative estimate of drug-likeness (QED) is 0.161. The van der Waals surface area contributed by atoms with E-state index >= 15 is 0 Å². The monoisotopic (exact) mass is 825 g/mol. The number of aromatic nitrogens is 1. The molecule has 0 spiro atoms. The van der Waals surface area contributed by atoms with Gasteiger partial charge in [-0.05, 0) is 123 Å². The van der Waals surface area contributed by atoms with E-state index in [1.54, 1.807) is 0 Å². The van der Waals surface area contributed by atoms with Crippen molar-refractivity contribution in [2.24, 2.45) is 0 Å². The predicted octanol–water partition coefficient (Wildman–Crippen LogP) is 13.6. The minimum absolute atomic E-state index is 0.0273. The van der Waals surface area contributed by atoms with Crippen molar-refractivity contribution in [3.8, 4) is 5.69 Å². The highest BCUT2D eigenvalue weighted by molar-refractivity contribution is 8.05. The summed E-state index contributed by atoms with van der Waals surface area (Å²) in [5, 5.41) is 1.28. The van der Waals surface area contributed by atoms with Crippen LogP contribution >= 0.6 is 23.5 Å². The second kappa shape index (κ2) is 12.7. The molecule has 4 aliphatic heterocycles.